The summed E-state index contributed by atoms with van der Waals surface area (Å²) in [7, 11) is 1.45. The summed E-state index contributed by atoms with van der Waals surface area (Å²) in [4.78, 5) is 11.6. The first kappa shape index (κ1) is 12.8. The van der Waals surface area contributed by atoms with E-state index in [0.717, 1.165) is 6.42 Å². The monoisotopic (exact) mass is 220 g/mol. The van der Waals surface area contributed by atoms with Crippen molar-refractivity contribution in [1.29, 1.82) is 0 Å². The quantitative estimate of drug-likeness (QED) is 0.729. The Hall–Kier alpha value is -1.31. The summed E-state index contributed by atoms with van der Waals surface area (Å²) in [5.74, 6) is 0.136. The van der Waals surface area contributed by atoms with Gasteiger partial charge in [0.05, 0.1) is 13.0 Å². The predicted molar refractivity (Wildman–Crippen MR) is 65.2 cm³/mol. The van der Waals surface area contributed by atoms with E-state index in [2.05, 4.69) is 45.0 Å². The van der Waals surface area contributed by atoms with Gasteiger partial charge in [-0.3, -0.25) is 4.79 Å². The third-order valence-electron chi connectivity index (χ3n) is 2.88. The molecule has 0 amide bonds. The van der Waals surface area contributed by atoms with Gasteiger partial charge in [0.25, 0.3) is 0 Å². The van der Waals surface area contributed by atoms with Gasteiger partial charge in [-0.2, -0.15) is 0 Å². The summed E-state index contributed by atoms with van der Waals surface area (Å²) in [5, 5.41) is 0. The van der Waals surface area contributed by atoms with Crippen molar-refractivity contribution in [3.05, 3.63) is 35.4 Å². The normalized spacial score (nSPS) is 12.6. The number of benzene rings is 1. The SMILES string of the molecule is COC(=O)C(Cc1ccc(C)cc1)C(C)C. The van der Waals surface area contributed by atoms with Crippen molar-refractivity contribution in [3.8, 4) is 0 Å². The zero-order chi connectivity index (χ0) is 12.1. The summed E-state index contributed by atoms with van der Waals surface area (Å²) >= 11 is 0. The second-order valence-corrected chi connectivity index (χ2v) is 4.56. The number of methoxy groups -OCH3 is 1. The largest absolute Gasteiger partial charge is 0.469 e. The van der Waals surface area contributed by atoms with Crippen LogP contribution >= 0.6 is 0 Å². The highest BCUT2D eigenvalue weighted by Gasteiger charge is 2.22. The lowest BCUT2D eigenvalue weighted by atomic mass is 9.89. The zero-order valence-electron chi connectivity index (χ0n) is 10.5. The van der Waals surface area contributed by atoms with Crippen LogP contribution in [0.2, 0.25) is 0 Å². The number of esters is 1. The average Bonchev–Trinajstić information content (AvgIpc) is 2.27. The standard InChI is InChI=1S/C14H20O2/c1-10(2)13(14(15)16-4)9-12-7-5-11(3)6-8-12/h5-8,10,13H,9H2,1-4H3. The maximum atomic E-state index is 11.6. The molecule has 0 saturated carbocycles. The van der Waals surface area contributed by atoms with E-state index in [1.165, 1.54) is 18.2 Å². The molecule has 0 aliphatic heterocycles. The maximum absolute atomic E-state index is 11.6. The Morgan fingerprint density at radius 3 is 2.25 bits per heavy atom. The number of aryl methyl sites for hydroxylation is 1. The molecule has 0 spiro atoms. The Kier molecular flexibility index (Phi) is 4.53. The van der Waals surface area contributed by atoms with Crippen molar-refractivity contribution in [3.63, 3.8) is 0 Å². The second kappa shape index (κ2) is 5.69. The van der Waals surface area contributed by atoms with Crippen molar-refractivity contribution in [2.75, 3.05) is 7.11 Å². The van der Waals surface area contributed by atoms with Crippen LogP contribution in [0, 0.1) is 18.8 Å². The van der Waals surface area contributed by atoms with Gasteiger partial charge in [0.2, 0.25) is 0 Å². The first-order valence-corrected chi connectivity index (χ1v) is 5.68. The molecule has 0 aliphatic rings. The van der Waals surface area contributed by atoms with Gasteiger partial charge >= 0.3 is 5.97 Å². The lowest BCUT2D eigenvalue weighted by Gasteiger charge is -2.18. The van der Waals surface area contributed by atoms with Crippen LogP contribution in [-0.4, -0.2) is 13.1 Å². The molecule has 0 fully saturated rings. The lowest BCUT2D eigenvalue weighted by Crippen LogP contribution is -2.23. The number of ether oxygens (including phenoxy) is 1. The molecule has 0 aliphatic carbocycles. The van der Waals surface area contributed by atoms with Gasteiger partial charge in [-0.1, -0.05) is 43.7 Å². The zero-order valence-corrected chi connectivity index (χ0v) is 10.5. The highest BCUT2D eigenvalue weighted by Crippen LogP contribution is 2.19. The molecule has 1 unspecified atom stereocenters. The van der Waals surface area contributed by atoms with E-state index in [9.17, 15) is 4.79 Å². The number of carbonyl (C=O) groups excluding carboxylic acids is 1. The van der Waals surface area contributed by atoms with Crippen LogP contribution in [0.25, 0.3) is 0 Å². The van der Waals surface area contributed by atoms with Crippen LogP contribution in [0.15, 0.2) is 24.3 Å². The Balaban J connectivity index is 2.75. The van der Waals surface area contributed by atoms with E-state index < -0.39 is 0 Å². The van der Waals surface area contributed by atoms with Crippen LogP contribution in [0.4, 0.5) is 0 Å². The van der Waals surface area contributed by atoms with Gasteiger partial charge in [0, 0.05) is 0 Å². The van der Waals surface area contributed by atoms with Crippen LogP contribution < -0.4 is 0 Å². The first-order chi connectivity index (χ1) is 7.54. The molecule has 0 N–H and O–H groups in total. The molecular weight excluding hydrogens is 200 g/mol. The molecule has 88 valence electrons. The molecule has 2 nitrogen and oxygen atoms in total. The van der Waals surface area contributed by atoms with Gasteiger partial charge in [-0.15, -0.1) is 0 Å². The minimum absolute atomic E-state index is 0.0484. The molecule has 0 heterocycles. The lowest BCUT2D eigenvalue weighted by molar-refractivity contribution is -0.146. The van der Waals surface area contributed by atoms with Crippen LogP contribution in [0.5, 0.6) is 0 Å². The van der Waals surface area contributed by atoms with E-state index in [-0.39, 0.29) is 11.9 Å². The summed E-state index contributed by atoms with van der Waals surface area (Å²) < 4.78 is 4.83. The fourth-order valence-corrected chi connectivity index (χ4v) is 1.72. The van der Waals surface area contributed by atoms with Crippen molar-refractivity contribution >= 4 is 5.97 Å². The maximum Gasteiger partial charge on any atom is 0.309 e. The van der Waals surface area contributed by atoms with Crippen molar-refractivity contribution in [1.82, 2.24) is 0 Å². The fraction of sp³-hybridized carbons (Fsp3) is 0.500. The summed E-state index contributed by atoms with van der Waals surface area (Å²) in [6, 6.07) is 8.30. The Bertz CT molecular complexity index is 338. The van der Waals surface area contributed by atoms with Gasteiger partial charge in [-0.05, 0) is 24.8 Å². The van der Waals surface area contributed by atoms with E-state index in [1.807, 2.05) is 0 Å². The molecule has 1 aromatic rings. The molecule has 16 heavy (non-hydrogen) atoms. The van der Waals surface area contributed by atoms with Crippen LogP contribution in [-0.2, 0) is 16.0 Å². The number of hydrogen-bond donors (Lipinski definition) is 0. The third kappa shape index (κ3) is 3.37. The van der Waals surface area contributed by atoms with Gasteiger partial charge in [0.1, 0.15) is 0 Å². The Morgan fingerprint density at radius 1 is 1.25 bits per heavy atom. The van der Waals surface area contributed by atoms with Crippen molar-refractivity contribution in [2.45, 2.75) is 27.2 Å². The number of hydrogen-bond acceptors (Lipinski definition) is 2. The van der Waals surface area contributed by atoms with Crippen LogP contribution in [0.1, 0.15) is 25.0 Å². The van der Waals surface area contributed by atoms with Gasteiger partial charge < -0.3 is 4.74 Å². The minimum Gasteiger partial charge on any atom is -0.469 e. The molecule has 0 radical (unpaired) electrons. The molecular formula is C14H20O2. The fourth-order valence-electron chi connectivity index (χ4n) is 1.72. The van der Waals surface area contributed by atoms with E-state index >= 15 is 0 Å². The number of carbonyl (C=O) groups is 1. The van der Waals surface area contributed by atoms with E-state index in [4.69, 9.17) is 4.74 Å². The molecule has 1 aromatic carbocycles. The smallest absolute Gasteiger partial charge is 0.309 e. The van der Waals surface area contributed by atoms with Crippen molar-refractivity contribution < 1.29 is 9.53 Å². The highest BCUT2D eigenvalue weighted by atomic mass is 16.5. The average molecular weight is 220 g/mol. The topological polar surface area (TPSA) is 26.3 Å². The first-order valence-electron chi connectivity index (χ1n) is 5.68. The molecule has 0 bridgehead atoms. The minimum atomic E-state index is -0.115. The van der Waals surface area contributed by atoms with E-state index in [1.54, 1.807) is 0 Å². The highest BCUT2D eigenvalue weighted by molar-refractivity contribution is 5.72. The molecule has 2 heteroatoms. The van der Waals surface area contributed by atoms with Crippen LogP contribution in [0.3, 0.4) is 0 Å². The third-order valence-corrected chi connectivity index (χ3v) is 2.88. The predicted octanol–water partition coefficient (Wildman–Crippen LogP) is 2.98. The summed E-state index contributed by atoms with van der Waals surface area (Å²) in [5.41, 5.74) is 2.43. The van der Waals surface area contributed by atoms with Gasteiger partial charge in [-0.25, -0.2) is 0 Å². The molecule has 0 saturated heterocycles. The summed E-state index contributed by atoms with van der Waals surface area (Å²) in [6.07, 6.45) is 0.755. The van der Waals surface area contributed by atoms with Gasteiger partial charge in [0.15, 0.2) is 0 Å². The van der Waals surface area contributed by atoms with Crippen molar-refractivity contribution in [2.24, 2.45) is 11.8 Å². The second-order valence-electron chi connectivity index (χ2n) is 4.56. The van der Waals surface area contributed by atoms with E-state index in [0.29, 0.717) is 5.92 Å². The molecule has 0 aromatic heterocycles. The Morgan fingerprint density at radius 2 is 1.81 bits per heavy atom. The number of rotatable bonds is 4. The summed E-state index contributed by atoms with van der Waals surface area (Å²) in [6.45, 7) is 6.16. The molecule has 1 rings (SSSR count). The molecule has 1 atom stereocenters. The Labute approximate surface area is 97.6 Å².